The van der Waals surface area contributed by atoms with Crippen molar-refractivity contribution in [3.8, 4) is 0 Å². The van der Waals surface area contributed by atoms with Gasteiger partial charge in [0.05, 0.1) is 0 Å². The van der Waals surface area contributed by atoms with Crippen LogP contribution in [0.4, 0.5) is 0 Å². The Morgan fingerprint density at radius 2 is 0.833 bits per heavy atom. The van der Waals surface area contributed by atoms with Gasteiger partial charge in [-0.05, 0) is 6.92 Å². The molecule has 0 aliphatic heterocycles. The number of hydrogen-bond acceptors (Lipinski definition) is 2. The summed E-state index contributed by atoms with van der Waals surface area (Å²) in [6, 6.07) is 40.9. The molecule has 5 rings (SSSR count). The van der Waals surface area contributed by atoms with Crippen molar-refractivity contribution in [2.24, 2.45) is 0 Å². The smallest absolute Gasteiger partial charge is 0.289 e. The van der Waals surface area contributed by atoms with Gasteiger partial charge < -0.3 is 0 Å². The number of fused-ring (bicyclic) bond motifs is 1. The molecule has 0 fully saturated rings. The van der Waals surface area contributed by atoms with Gasteiger partial charge in [-0.15, -0.1) is 0 Å². The molecular weight excluding hydrogens is 531 g/mol. The molecule has 0 radical (unpaired) electrons. The number of Topliss-reactive ketones (excluding diaryl/α,β-unsaturated/α-hetero) is 2. The van der Waals surface area contributed by atoms with Gasteiger partial charge in [0, 0.05) is 11.1 Å². The summed E-state index contributed by atoms with van der Waals surface area (Å²) in [5.74, 6) is 0.0582. The molecule has 1 aliphatic carbocycles. The summed E-state index contributed by atoms with van der Waals surface area (Å²) >= 11 is 0. The fourth-order valence-corrected chi connectivity index (χ4v) is 11.6. The Morgan fingerprint density at radius 3 is 1.31 bits per heavy atom. The minimum Gasteiger partial charge on any atom is -0.289 e. The molecule has 0 N–H and O–H groups in total. The molecule has 0 saturated heterocycles. The van der Waals surface area contributed by atoms with Crippen LogP contribution < -0.4 is 15.9 Å². The van der Waals surface area contributed by atoms with Crippen LogP contribution in [0, 0.1) is 0 Å². The van der Waals surface area contributed by atoms with E-state index in [9.17, 15) is 9.59 Å². The van der Waals surface area contributed by atoms with E-state index in [1.54, 1.807) is 12.1 Å². The first-order valence-electron chi connectivity index (χ1n) is 15.7. The molecule has 0 saturated carbocycles. The first-order chi connectivity index (χ1) is 20.6. The van der Waals surface area contributed by atoms with Crippen molar-refractivity contribution in [1.82, 2.24) is 0 Å². The van der Waals surface area contributed by atoms with E-state index in [-0.39, 0.29) is 11.6 Å². The van der Waals surface area contributed by atoms with Crippen LogP contribution in [0.25, 0.3) is 0 Å². The van der Waals surface area contributed by atoms with E-state index in [1.165, 1.54) is 60.6 Å². The van der Waals surface area contributed by atoms with Crippen LogP contribution in [0.15, 0.2) is 126 Å². The molecule has 2 nitrogen and oxygen atoms in total. The van der Waals surface area contributed by atoms with Crippen molar-refractivity contribution >= 4 is 34.7 Å². The molecule has 0 atom stereocenters. The molecule has 42 heavy (non-hydrogen) atoms. The van der Waals surface area contributed by atoms with Crippen molar-refractivity contribution in [1.29, 1.82) is 0 Å². The quantitative estimate of drug-likeness (QED) is 0.112. The van der Waals surface area contributed by atoms with Crippen molar-refractivity contribution < 1.29 is 9.59 Å². The molecular formula is C39H43O2P. The second-order valence-electron chi connectivity index (χ2n) is 11.6. The van der Waals surface area contributed by atoms with Gasteiger partial charge in [-0.3, -0.25) is 9.59 Å². The standard InChI is InChI=1S/C39H43O2P/c1-31-35(39(41)37-29-19-18-28-36(37)38(31)40)27-17-6-4-2-3-5-7-20-30-42(32-21-11-8-12-22-32,33-23-13-9-14-24-33)34-25-15-10-16-26-34/h8-16,18-19,21-26,28-29,42H,2-7,17,20,27,30H2,1H3. The number of rotatable bonds is 14. The van der Waals surface area contributed by atoms with Crippen LogP contribution >= 0.6 is 7.26 Å². The van der Waals surface area contributed by atoms with Gasteiger partial charge in [-0.1, -0.05) is 24.3 Å². The molecule has 0 amide bonds. The van der Waals surface area contributed by atoms with E-state index in [2.05, 4.69) is 91.0 Å². The van der Waals surface area contributed by atoms with Crippen molar-refractivity contribution in [3.63, 3.8) is 0 Å². The van der Waals surface area contributed by atoms with Crippen LogP contribution in [-0.2, 0) is 0 Å². The maximum atomic E-state index is 13.0. The van der Waals surface area contributed by atoms with Gasteiger partial charge in [-0.25, -0.2) is 0 Å². The van der Waals surface area contributed by atoms with Gasteiger partial charge in [0.15, 0.2) is 5.78 Å². The fraction of sp³-hybridized carbons (Fsp3) is 0.282. The third-order valence-corrected chi connectivity index (χ3v) is 14.1. The molecule has 0 unspecified atom stereocenters. The van der Waals surface area contributed by atoms with Gasteiger partial charge in [-0.2, -0.15) is 0 Å². The fourth-order valence-electron chi connectivity index (χ4n) is 6.71. The third-order valence-electron chi connectivity index (χ3n) is 9.01. The van der Waals surface area contributed by atoms with E-state index in [0.29, 0.717) is 23.1 Å². The summed E-state index contributed by atoms with van der Waals surface area (Å²) in [7, 11) is -2.12. The summed E-state index contributed by atoms with van der Waals surface area (Å²) in [6.07, 6.45) is 11.4. The molecule has 4 aromatic rings. The molecule has 0 spiro atoms. The Kier molecular flexibility index (Phi) is 10.3. The topological polar surface area (TPSA) is 34.1 Å². The van der Waals surface area contributed by atoms with E-state index >= 15 is 0 Å². The normalized spacial score (nSPS) is 13.7. The van der Waals surface area contributed by atoms with Crippen LogP contribution in [0.3, 0.4) is 0 Å². The second kappa shape index (κ2) is 14.5. The average molecular weight is 575 g/mol. The Balaban J connectivity index is 1.11. The molecule has 0 heterocycles. The first-order valence-corrected chi connectivity index (χ1v) is 17.9. The van der Waals surface area contributed by atoms with Crippen molar-refractivity contribution in [2.75, 3.05) is 6.16 Å². The molecule has 4 aromatic carbocycles. The number of hydrogen-bond donors (Lipinski definition) is 0. The first kappa shape index (κ1) is 29.9. The molecule has 1 aliphatic rings. The Bertz CT molecular complexity index is 1410. The second-order valence-corrected chi connectivity index (χ2v) is 15.7. The summed E-state index contributed by atoms with van der Waals surface area (Å²) in [5.41, 5.74) is 2.49. The number of ketones is 2. The van der Waals surface area contributed by atoms with E-state index in [4.69, 9.17) is 0 Å². The molecule has 0 bridgehead atoms. The SMILES string of the molecule is CC1=C(CCCCCCCCCC[PH](c2ccccc2)(c2ccccc2)c2ccccc2)C(=O)c2ccccc2C1=O. The summed E-state index contributed by atoms with van der Waals surface area (Å²) in [4.78, 5) is 25.7. The van der Waals surface area contributed by atoms with Crippen LogP contribution in [0.1, 0.15) is 85.4 Å². The zero-order chi connectivity index (χ0) is 29.2. The van der Waals surface area contributed by atoms with Crippen molar-refractivity contribution in [3.05, 3.63) is 138 Å². The van der Waals surface area contributed by atoms with Gasteiger partial charge in [0.1, 0.15) is 0 Å². The number of benzene rings is 4. The molecule has 3 heteroatoms. The van der Waals surface area contributed by atoms with E-state index < -0.39 is 7.26 Å². The Hall–Kier alpha value is -3.61. The predicted molar refractivity (Wildman–Crippen MR) is 181 cm³/mol. The zero-order valence-corrected chi connectivity index (χ0v) is 25.9. The Labute approximate surface area is 252 Å². The van der Waals surface area contributed by atoms with Gasteiger partial charge in [0.2, 0.25) is 0 Å². The predicted octanol–water partition coefficient (Wildman–Crippen LogP) is 8.62. The van der Waals surface area contributed by atoms with Crippen LogP contribution in [0.5, 0.6) is 0 Å². The maximum absolute atomic E-state index is 13.0. The zero-order valence-electron chi connectivity index (χ0n) is 24.9. The van der Waals surface area contributed by atoms with Gasteiger partial charge >= 0.3 is 195 Å². The summed E-state index contributed by atoms with van der Waals surface area (Å²) in [6.45, 7) is 1.82. The minimum absolute atomic E-state index is 0.0130. The molecule has 216 valence electrons. The third kappa shape index (κ3) is 6.55. The van der Waals surface area contributed by atoms with Crippen LogP contribution in [-0.4, -0.2) is 17.7 Å². The number of allylic oxidation sites excluding steroid dienone is 2. The van der Waals surface area contributed by atoms with Crippen molar-refractivity contribution in [2.45, 2.75) is 64.7 Å². The number of carbonyl (C=O) groups excluding carboxylic acids is 2. The number of carbonyl (C=O) groups is 2. The molecule has 0 aromatic heterocycles. The van der Waals surface area contributed by atoms with E-state index in [1.807, 2.05) is 19.1 Å². The Morgan fingerprint density at radius 1 is 0.452 bits per heavy atom. The summed E-state index contributed by atoms with van der Waals surface area (Å²) < 4.78 is 0. The summed E-state index contributed by atoms with van der Waals surface area (Å²) in [5, 5.41) is 4.48. The average Bonchev–Trinajstić information content (AvgIpc) is 3.05. The van der Waals surface area contributed by atoms with E-state index in [0.717, 1.165) is 18.4 Å². The monoisotopic (exact) mass is 574 g/mol. The minimum atomic E-state index is -2.12. The van der Waals surface area contributed by atoms with Gasteiger partial charge in [0.25, 0.3) is 0 Å². The number of unbranched alkanes of at least 4 members (excludes halogenated alkanes) is 7. The van der Waals surface area contributed by atoms with Crippen LogP contribution in [0.2, 0.25) is 0 Å².